The third kappa shape index (κ3) is 2.96. The van der Waals surface area contributed by atoms with Crippen LogP contribution in [0.1, 0.15) is 31.7 Å². The van der Waals surface area contributed by atoms with Crippen LogP contribution in [-0.2, 0) is 4.79 Å². The Morgan fingerprint density at radius 3 is 2.77 bits per heavy atom. The van der Waals surface area contributed by atoms with Gasteiger partial charge in [-0.25, -0.2) is 13.9 Å². The van der Waals surface area contributed by atoms with E-state index in [0.29, 0.717) is 42.5 Å². The number of amidine groups is 1. The number of hydrogen-bond donors (Lipinski definition) is 0. The lowest BCUT2D eigenvalue weighted by Crippen LogP contribution is -2.55. The molecule has 1 saturated heterocycles. The third-order valence-corrected chi connectivity index (χ3v) is 6.03. The van der Waals surface area contributed by atoms with E-state index >= 15 is 0 Å². The summed E-state index contributed by atoms with van der Waals surface area (Å²) in [6, 6.07) is 5.78. The van der Waals surface area contributed by atoms with Crippen LogP contribution >= 0.6 is 0 Å². The summed E-state index contributed by atoms with van der Waals surface area (Å²) in [4.78, 5) is 35.9. The van der Waals surface area contributed by atoms with Gasteiger partial charge in [-0.05, 0) is 50.5 Å². The lowest BCUT2D eigenvalue weighted by molar-refractivity contribution is -0.132. The van der Waals surface area contributed by atoms with Gasteiger partial charge < -0.3 is 4.90 Å². The number of benzene rings is 1. The van der Waals surface area contributed by atoms with Crippen molar-refractivity contribution in [2.24, 2.45) is 4.99 Å². The number of urea groups is 1. The fraction of sp³-hybridized carbons (Fsp3) is 0.429. The Morgan fingerprint density at radius 2 is 2.00 bits per heavy atom. The maximum Gasteiger partial charge on any atom is 0.331 e. The van der Waals surface area contributed by atoms with E-state index in [9.17, 15) is 14.0 Å². The highest BCUT2D eigenvalue weighted by molar-refractivity contribution is 6.20. The van der Waals surface area contributed by atoms with Crippen LogP contribution < -0.4 is 4.90 Å². The van der Waals surface area contributed by atoms with E-state index in [0.717, 1.165) is 19.3 Å². The largest absolute Gasteiger partial charge is 0.338 e. The van der Waals surface area contributed by atoms with Gasteiger partial charge in [0.05, 0.1) is 24.0 Å². The molecule has 0 N–H and O–H groups in total. The highest BCUT2D eigenvalue weighted by Gasteiger charge is 2.42. The van der Waals surface area contributed by atoms with Crippen LogP contribution in [0.2, 0.25) is 0 Å². The Hall–Kier alpha value is -3.23. The average Bonchev–Trinajstić information content (AvgIpc) is 3.39. The number of amides is 3. The molecule has 1 aromatic carbocycles. The Labute approximate surface area is 173 Å². The van der Waals surface area contributed by atoms with Crippen molar-refractivity contribution in [1.82, 2.24) is 19.6 Å². The summed E-state index contributed by atoms with van der Waals surface area (Å²) >= 11 is 0. The fourth-order valence-electron chi connectivity index (χ4n) is 4.47. The number of carbonyl (C=O) groups excluding carboxylic acids is 2. The number of hydrogen-bond acceptors (Lipinski definition) is 4. The molecule has 4 heterocycles. The third-order valence-electron chi connectivity index (χ3n) is 6.03. The minimum atomic E-state index is -0.353. The molecule has 3 aliphatic rings. The summed E-state index contributed by atoms with van der Waals surface area (Å²) in [7, 11) is 0. The van der Waals surface area contributed by atoms with Crippen molar-refractivity contribution in [3.63, 3.8) is 0 Å². The van der Waals surface area contributed by atoms with Gasteiger partial charge >= 0.3 is 6.03 Å². The molecule has 0 saturated carbocycles. The minimum Gasteiger partial charge on any atom is -0.338 e. The molecule has 0 bridgehead atoms. The Balaban J connectivity index is 1.55. The molecule has 5 rings (SSSR count). The molecule has 30 heavy (non-hydrogen) atoms. The second kappa shape index (κ2) is 7.23. The van der Waals surface area contributed by atoms with Gasteiger partial charge in [0.2, 0.25) is 5.91 Å². The highest BCUT2D eigenvalue weighted by Crippen LogP contribution is 2.33. The molecule has 0 spiro atoms. The molecule has 0 aliphatic carbocycles. The lowest BCUT2D eigenvalue weighted by atomic mass is 10.0. The van der Waals surface area contributed by atoms with Crippen molar-refractivity contribution in [2.75, 3.05) is 31.1 Å². The second-order valence-corrected chi connectivity index (χ2v) is 7.93. The number of piperidine rings is 1. The molecule has 8 nitrogen and oxygen atoms in total. The molecule has 3 aliphatic heterocycles. The first-order chi connectivity index (χ1) is 14.5. The zero-order chi connectivity index (χ0) is 20.8. The van der Waals surface area contributed by atoms with Gasteiger partial charge in [0.15, 0.2) is 5.82 Å². The summed E-state index contributed by atoms with van der Waals surface area (Å²) < 4.78 is 15.0. The summed E-state index contributed by atoms with van der Waals surface area (Å²) in [6.07, 6.45) is 4.72. The van der Waals surface area contributed by atoms with Gasteiger partial charge in [-0.15, -0.1) is 0 Å². The van der Waals surface area contributed by atoms with Crippen LogP contribution in [0.25, 0.3) is 5.69 Å². The van der Waals surface area contributed by atoms with Crippen molar-refractivity contribution in [1.29, 1.82) is 0 Å². The van der Waals surface area contributed by atoms with Gasteiger partial charge in [-0.2, -0.15) is 5.10 Å². The SMILES string of the molecule is C[C@@H]1CCCCN1C(=O)CN1C(=O)N2CCN=C2c2cnn(-c3ccc(F)cc3)c21. The fourth-order valence-corrected chi connectivity index (χ4v) is 4.47. The maximum atomic E-state index is 13.4. The van der Waals surface area contributed by atoms with E-state index in [-0.39, 0.29) is 30.3 Å². The van der Waals surface area contributed by atoms with Crippen LogP contribution in [0.15, 0.2) is 35.5 Å². The number of aromatic nitrogens is 2. The molecule has 156 valence electrons. The highest BCUT2D eigenvalue weighted by atomic mass is 19.1. The first-order valence-corrected chi connectivity index (χ1v) is 10.3. The molecule has 1 fully saturated rings. The number of fused-ring (bicyclic) bond motifs is 3. The molecule has 9 heteroatoms. The zero-order valence-electron chi connectivity index (χ0n) is 16.8. The molecule has 2 aromatic rings. The molecule has 0 radical (unpaired) electrons. The van der Waals surface area contributed by atoms with E-state index in [1.165, 1.54) is 17.0 Å². The monoisotopic (exact) mass is 410 g/mol. The van der Waals surface area contributed by atoms with Crippen LogP contribution in [0.5, 0.6) is 0 Å². The Bertz CT molecular complexity index is 1030. The van der Waals surface area contributed by atoms with Crippen molar-refractivity contribution in [3.8, 4) is 5.69 Å². The predicted molar refractivity (Wildman–Crippen MR) is 109 cm³/mol. The quantitative estimate of drug-likeness (QED) is 0.780. The van der Waals surface area contributed by atoms with E-state index in [4.69, 9.17) is 0 Å². The molecular formula is C21H23FN6O2. The van der Waals surface area contributed by atoms with Crippen molar-refractivity contribution < 1.29 is 14.0 Å². The van der Waals surface area contributed by atoms with Gasteiger partial charge in [0.1, 0.15) is 18.2 Å². The Morgan fingerprint density at radius 1 is 1.20 bits per heavy atom. The molecule has 1 atom stereocenters. The van der Waals surface area contributed by atoms with Crippen LogP contribution in [-0.4, -0.2) is 69.6 Å². The Kier molecular flexibility index (Phi) is 4.52. The average molecular weight is 410 g/mol. The molecule has 3 amide bonds. The van der Waals surface area contributed by atoms with Crippen molar-refractivity contribution in [3.05, 3.63) is 41.8 Å². The lowest BCUT2D eigenvalue weighted by Gasteiger charge is -2.37. The van der Waals surface area contributed by atoms with Crippen molar-refractivity contribution >= 4 is 23.6 Å². The zero-order valence-corrected chi connectivity index (χ0v) is 16.8. The molecular weight excluding hydrogens is 387 g/mol. The normalized spacial score (nSPS) is 20.9. The number of halogens is 1. The number of carbonyl (C=O) groups is 2. The maximum absolute atomic E-state index is 13.4. The van der Waals surface area contributed by atoms with Gasteiger partial charge in [0.25, 0.3) is 0 Å². The first-order valence-electron chi connectivity index (χ1n) is 10.3. The number of likely N-dealkylation sites (tertiary alicyclic amines) is 1. The van der Waals surface area contributed by atoms with E-state index in [2.05, 4.69) is 17.0 Å². The number of rotatable bonds is 3. The summed E-state index contributed by atoms with van der Waals surface area (Å²) in [5, 5.41) is 4.45. The van der Waals surface area contributed by atoms with Crippen LogP contribution in [0.3, 0.4) is 0 Å². The number of aliphatic imine (C=N–C) groups is 1. The minimum absolute atomic E-state index is 0.0627. The number of anilines is 1. The smallest absolute Gasteiger partial charge is 0.331 e. The first kappa shape index (κ1) is 18.8. The van der Waals surface area contributed by atoms with Gasteiger partial charge in [-0.1, -0.05) is 0 Å². The summed E-state index contributed by atoms with van der Waals surface area (Å²) in [5.74, 6) is 0.654. The van der Waals surface area contributed by atoms with Crippen LogP contribution in [0, 0.1) is 5.82 Å². The van der Waals surface area contributed by atoms with E-state index < -0.39 is 0 Å². The number of nitrogens with zero attached hydrogens (tertiary/aromatic N) is 6. The summed E-state index contributed by atoms with van der Waals surface area (Å²) in [6.45, 7) is 3.71. The van der Waals surface area contributed by atoms with Gasteiger partial charge in [-0.3, -0.25) is 19.6 Å². The van der Waals surface area contributed by atoms with E-state index in [1.807, 2.05) is 4.90 Å². The van der Waals surface area contributed by atoms with Gasteiger partial charge in [0, 0.05) is 19.1 Å². The molecule has 0 unspecified atom stereocenters. The van der Waals surface area contributed by atoms with Crippen molar-refractivity contribution in [2.45, 2.75) is 32.2 Å². The molecule has 1 aromatic heterocycles. The second-order valence-electron chi connectivity index (χ2n) is 7.93. The van der Waals surface area contributed by atoms with Crippen LogP contribution in [0.4, 0.5) is 15.0 Å². The topological polar surface area (TPSA) is 74.0 Å². The summed E-state index contributed by atoms with van der Waals surface area (Å²) in [5.41, 5.74) is 1.32. The van der Waals surface area contributed by atoms with E-state index in [1.54, 1.807) is 27.9 Å². The predicted octanol–water partition coefficient (Wildman–Crippen LogP) is 2.41. The standard InChI is InChI=1S/C21H23FN6O2/c1-14-4-2-3-10-25(14)18(29)13-27-20-17(19-23-9-11-26(19)21(27)30)12-24-28(20)16-7-5-15(22)6-8-16/h5-8,12,14H,2-4,9-11,13H2,1H3/t14-/m1/s1.